The molecule has 1 aromatic heterocycles. The molecule has 0 saturated carbocycles. The number of ether oxygens (including phenoxy) is 1. The Morgan fingerprint density at radius 3 is 2.77 bits per heavy atom. The Bertz CT molecular complexity index is 1330. The summed E-state index contributed by atoms with van der Waals surface area (Å²) in [6.07, 6.45) is 4.87. The van der Waals surface area contributed by atoms with Crippen molar-refractivity contribution in [3.8, 4) is 11.4 Å². The first-order valence-corrected chi connectivity index (χ1v) is 11.3. The molecule has 0 bridgehead atoms. The lowest BCUT2D eigenvalue weighted by Gasteiger charge is -2.37. The van der Waals surface area contributed by atoms with Crippen molar-refractivity contribution in [3.63, 3.8) is 0 Å². The predicted octanol–water partition coefficient (Wildman–Crippen LogP) is 3.66. The molecule has 3 aromatic rings. The molecule has 1 N–H and O–H groups in total. The molecular formula is C25H24FN5O4. The molecule has 1 fully saturated rings. The van der Waals surface area contributed by atoms with Crippen LogP contribution in [-0.4, -0.2) is 49.7 Å². The van der Waals surface area contributed by atoms with Crippen LogP contribution in [0.25, 0.3) is 11.8 Å². The fourth-order valence-corrected chi connectivity index (χ4v) is 4.39. The van der Waals surface area contributed by atoms with Gasteiger partial charge in [-0.2, -0.15) is 5.10 Å². The molecule has 1 saturated heterocycles. The Morgan fingerprint density at radius 1 is 1.29 bits per heavy atom. The number of aromatic hydroxyl groups is 1. The smallest absolute Gasteiger partial charge is 0.380 e. The van der Waals surface area contributed by atoms with Crippen molar-refractivity contribution >= 4 is 17.9 Å². The number of benzene rings is 2. The molecule has 9 nitrogen and oxygen atoms in total. The third kappa shape index (κ3) is 3.90. The molecule has 180 valence electrons. The number of amidine groups is 1. The van der Waals surface area contributed by atoms with E-state index < -0.39 is 17.5 Å². The fraction of sp³-hybridized carbons (Fsp3) is 0.280. The average Bonchev–Trinajstić information content (AvgIpc) is 3.45. The van der Waals surface area contributed by atoms with Crippen LogP contribution in [0.2, 0.25) is 0 Å². The highest BCUT2D eigenvalue weighted by atomic mass is 19.1. The van der Waals surface area contributed by atoms with Gasteiger partial charge in [0.15, 0.2) is 5.84 Å². The second-order valence-electron chi connectivity index (χ2n) is 8.29. The first kappa shape index (κ1) is 22.6. The maximum Gasteiger partial charge on any atom is 0.380 e. The van der Waals surface area contributed by atoms with E-state index in [9.17, 15) is 14.3 Å². The minimum Gasteiger partial charge on any atom is -0.506 e. The zero-order chi connectivity index (χ0) is 24.6. The van der Waals surface area contributed by atoms with Crippen molar-refractivity contribution in [2.24, 2.45) is 5.16 Å². The SMILES string of the molecule is CCOC(=O)C1(c2ccc(F)cc2)ON=C2C(=Cc3ccc(-n4cnc(C)n4)c(O)c3)CCCN21. The lowest BCUT2D eigenvalue weighted by atomic mass is 9.94. The fourth-order valence-electron chi connectivity index (χ4n) is 4.39. The molecule has 10 heteroatoms. The summed E-state index contributed by atoms with van der Waals surface area (Å²) in [7, 11) is 0. The first-order valence-electron chi connectivity index (χ1n) is 11.3. The minimum atomic E-state index is -1.63. The Kier molecular flexibility index (Phi) is 5.72. The molecule has 2 aliphatic rings. The number of piperidine rings is 1. The second kappa shape index (κ2) is 8.86. The van der Waals surface area contributed by atoms with Gasteiger partial charge in [0, 0.05) is 12.1 Å². The lowest BCUT2D eigenvalue weighted by molar-refractivity contribution is -0.189. The molecule has 0 aliphatic carbocycles. The second-order valence-corrected chi connectivity index (χ2v) is 8.29. The maximum atomic E-state index is 13.6. The Morgan fingerprint density at radius 2 is 2.09 bits per heavy atom. The van der Waals surface area contributed by atoms with E-state index in [4.69, 9.17) is 9.57 Å². The molecule has 0 spiro atoms. The average molecular weight is 477 g/mol. The van der Waals surface area contributed by atoms with Gasteiger partial charge in [-0.3, -0.25) is 0 Å². The van der Waals surface area contributed by atoms with Crippen LogP contribution in [-0.2, 0) is 20.1 Å². The molecule has 1 unspecified atom stereocenters. The maximum absolute atomic E-state index is 13.6. The molecule has 3 heterocycles. The summed E-state index contributed by atoms with van der Waals surface area (Å²) in [4.78, 5) is 24.8. The summed E-state index contributed by atoms with van der Waals surface area (Å²) in [5.41, 5.74) is 0.904. The summed E-state index contributed by atoms with van der Waals surface area (Å²) in [5.74, 6) is 0.119. The van der Waals surface area contributed by atoms with Crippen molar-refractivity contribution in [1.29, 1.82) is 0 Å². The first-order chi connectivity index (χ1) is 16.9. The molecule has 2 aromatic carbocycles. The third-order valence-electron chi connectivity index (χ3n) is 6.00. The monoisotopic (exact) mass is 477 g/mol. The van der Waals surface area contributed by atoms with E-state index in [1.807, 2.05) is 12.1 Å². The number of aryl methyl sites for hydroxylation is 1. The highest BCUT2D eigenvalue weighted by Gasteiger charge is 2.57. The number of hydrogen-bond donors (Lipinski definition) is 1. The van der Waals surface area contributed by atoms with Gasteiger partial charge >= 0.3 is 11.7 Å². The number of carbonyl (C=O) groups excluding carboxylic acids is 1. The Hall–Kier alpha value is -4.21. The van der Waals surface area contributed by atoms with Crippen molar-refractivity contribution < 1.29 is 23.9 Å². The van der Waals surface area contributed by atoms with E-state index in [1.54, 1.807) is 30.9 Å². The van der Waals surface area contributed by atoms with Crippen LogP contribution in [0.3, 0.4) is 0 Å². The Labute approximate surface area is 201 Å². The van der Waals surface area contributed by atoms with E-state index in [0.29, 0.717) is 35.9 Å². The quantitative estimate of drug-likeness (QED) is 0.560. The van der Waals surface area contributed by atoms with E-state index >= 15 is 0 Å². The highest BCUT2D eigenvalue weighted by Crippen LogP contribution is 2.41. The molecule has 2 aliphatic heterocycles. The van der Waals surface area contributed by atoms with Gasteiger partial charge in [0.25, 0.3) is 0 Å². The standard InChI is InChI=1S/C25H24FN5O4/c1-3-34-24(33)25(19-7-9-20(26)10-8-19)30-12-4-5-18(23(30)29-35-25)13-17-6-11-21(22(32)14-17)31-15-27-16(2)28-31/h6-11,13-15,32H,3-5,12H2,1-2H3. The molecule has 1 atom stereocenters. The van der Waals surface area contributed by atoms with Gasteiger partial charge in [-0.15, -0.1) is 0 Å². The number of halogens is 1. The van der Waals surface area contributed by atoms with Crippen LogP contribution in [0.1, 0.15) is 36.7 Å². The predicted molar refractivity (Wildman–Crippen MR) is 125 cm³/mol. The number of aromatic nitrogens is 3. The van der Waals surface area contributed by atoms with Gasteiger partial charge < -0.3 is 19.6 Å². The summed E-state index contributed by atoms with van der Waals surface area (Å²) < 4.78 is 20.5. The number of phenolic OH excluding ortho intramolecular Hbond substituents is 1. The van der Waals surface area contributed by atoms with Crippen LogP contribution in [0, 0.1) is 12.7 Å². The topological polar surface area (TPSA) is 102 Å². The van der Waals surface area contributed by atoms with Gasteiger partial charge in [0.1, 0.15) is 29.4 Å². The van der Waals surface area contributed by atoms with Crippen LogP contribution >= 0.6 is 0 Å². The van der Waals surface area contributed by atoms with Crippen LogP contribution in [0.15, 0.2) is 59.5 Å². The normalized spacial score (nSPS) is 20.4. The summed E-state index contributed by atoms with van der Waals surface area (Å²) in [6, 6.07) is 10.8. The number of fused-ring (bicyclic) bond motifs is 1. The van der Waals surface area contributed by atoms with Crippen molar-refractivity contribution in [3.05, 3.63) is 77.1 Å². The molecule has 35 heavy (non-hydrogen) atoms. The third-order valence-corrected chi connectivity index (χ3v) is 6.00. The van der Waals surface area contributed by atoms with Crippen LogP contribution < -0.4 is 0 Å². The number of esters is 1. The van der Waals surface area contributed by atoms with Crippen LogP contribution in [0.5, 0.6) is 5.75 Å². The van der Waals surface area contributed by atoms with Crippen LogP contribution in [0.4, 0.5) is 4.39 Å². The number of hydrogen-bond acceptors (Lipinski definition) is 8. The van der Waals surface area contributed by atoms with E-state index in [2.05, 4.69) is 15.2 Å². The lowest BCUT2D eigenvalue weighted by Crippen LogP contribution is -2.54. The molecular weight excluding hydrogens is 453 g/mol. The van der Waals surface area contributed by atoms with Crippen molar-refractivity contribution in [2.45, 2.75) is 32.4 Å². The van der Waals surface area contributed by atoms with E-state index in [1.165, 1.54) is 35.3 Å². The number of rotatable bonds is 5. The molecule has 5 rings (SSSR count). The summed E-state index contributed by atoms with van der Waals surface area (Å²) in [5, 5.41) is 19.1. The molecule has 0 amide bonds. The number of phenols is 1. The zero-order valence-electron chi connectivity index (χ0n) is 19.3. The zero-order valence-corrected chi connectivity index (χ0v) is 19.3. The molecule has 0 radical (unpaired) electrons. The number of carbonyl (C=O) groups is 1. The van der Waals surface area contributed by atoms with Crippen molar-refractivity contribution in [2.75, 3.05) is 13.2 Å². The summed E-state index contributed by atoms with van der Waals surface area (Å²) >= 11 is 0. The largest absolute Gasteiger partial charge is 0.506 e. The van der Waals surface area contributed by atoms with Gasteiger partial charge in [-0.1, -0.05) is 11.2 Å². The number of nitrogens with zero attached hydrogens (tertiary/aromatic N) is 5. The minimum absolute atomic E-state index is 0.0497. The number of oxime groups is 1. The van der Waals surface area contributed by atoms with Gasteiger partial charge in [-0.25, -0.2) is 18.9 Å². The van der Waals surface area contributed by atoms with E-state index in [-0.39, 0.29) is 12.4 Å². The van der Waals surface area contributed by atoms with Gasteiger partial charge in [0.2, 0.25) is 0 Å². The van der Waals surface area contributed by atoms with E-state index in [0.717, 1.165) is 17.6 Å². The Balaban J connectivity index is 1.49. The highest BCUT2D eigenvalue weighted by molar-refractivity contribution is 6.06. The van der Waals surface area contributed by atoms with Gasteiger partial charge in [-0.05, 0) is 80.3 Å². The van der Waals surface area contributed by atoms with Gasteiger partial charge in [0.05, 0.1) is 6.61 Å². The summed E-state index contributed by atoms with van der Waals surface area (Å²) in [6.45, 7) is 4.15. The van der Waals surface area contributed by atoms with Crippen molar-refractivity contribution in [1.82, 2.24) is 19.7 Å².